The number of carbonyl (C=O) groups is 1. The van der Waals surface area contributed by atoms with Crippen molar-refractivity contribution >= 4 is 50.5 Å². The lowest BCUT2D eigenvalue weighted by molar-refractivity contribution is -0.117. The van der Waals surface area contributed by atoms with Crippen molar-refractivity contribution < 1.29 is 17.9 Å². The zero-order valence-electron chi connectivity index (χ0n) is 17.5. The quantitative estimate of drug-likeness (QED) is 0.420. The first kappa shape index (κ1) is 23.9. The maximum absolute atomic E-state index is 13.2. The molecule has 0 fully saturated rings. The average molecular weight is 493 g/mol. The Morgan fingerprint density at radius 1 is 1.00 bits per heavy atom. The van der Waals surface area contributed by atoms with Crippen LogP contribution in [-0.4, -0.2) is 26.6 Å². The van der Waals surface area contributed by atoms with E-state index in [9.17, 15) is 13.2 Å². The maximum Gasteiger partial charge on any atom is 0.248 e. The molecule has 9 heteroatoms. The summed E-state index contributed by atoms with van der Waals surface area (Å²) in [6.07, 6.45) is 1.29. The van der Waals surface area contributed by atoms with E-state index in [0.29, 0.717) is 32.9 Å². The van der Waals surface area contributed by atoms with Gasteiger partial charge in [0.05, 0.1) is 17.6 Å². The Labute approximate surface area is 197 Å². The number of para-hydroxylation sites is 1. The van der Waals surface area contributed by atoms with Crippen LogP contribution in [0.3, 0.4) is 0 Å². The maximum atomic E-state index is 13.2. The van der Waals surface area contributed by atoms with Gasteiger partial charge in [-0.25, -0.2) is 8.42 Å². The topological polar surface area (TPSA) is 75.7 Å². The Morgan fingerprint density at radius 3 is 2.22 bits per heavy atom. The standard InChI is InChI=1S/C23H22Cl2N2O4S/c1-3-21(27(32(2,29)30)18-12-9-16(24)10-13-18)23(28)26-20-15-17(25)11-14-22(20)31-19-7-5-4-6-8-19/h4-15,21H,3H2,1-2H3,(H,26,28)/t21-/m0/s1. The van der Waals surface area contributed by atoms with Crippen LogP contribution in [0.25, 0.3) is 0 Å². The lowest BCUT2D eigenvalue weighted by Crippen LogP contribution is -2.47. The van der Waals surface area contributed by atoms with E-state index in [2.05, 4.69) is 5.32 Å². The minimum absolute atomic E-state index is 0.233. The summed E-state index contributed by atoms with van der Waals surface area (Å²) in [5.41, 5.74) is 0.667. The van der Waals surface area contributed by atoms with Crippen molar-refractivity contribution in [2.24, 2.45) is 0 Å². The third kappa shape index (κ3) is 5.94. The molecule has 0 radical (unpaired) electrons. The van der Waals surface area contributed by atoms with Crippen LogP contribution in [0.2, 0.25) is 10.0 Å². The number of sulfonamides is 1. The highest BCUT2D eigenvalue weighted by Crippen LogP contribution is 2.33. The van der Waals surface area contributed by atoms with E-state index in [4.69, 9.17) is 27.9 Å². The fraction of sp³-hybridized carbons (Fsp3) is 0.174. The van der Waals surface area contributed by atoms with E-state index in [0.717, 1.165) is 10.6 Å². The first-order valence-corrected chi connectivity index (χ1v) is 12.4. The molecule has 0 saturated carbocycles. The van der Waals surface area contributed by atoms with Crippen molar-refractivity contribution in [3.63, 3.8) is 0 Å². The van der Waals surface area contributed by atoms with E-state index in [-0.39, 0.29) is 6.42 Å². The summed E-state index contributed by atoms with van der Waals surface area (Å²) in [5.74, 6) is 0.436. The van der Waals surface area contributed by atoms with Gasteiger partial charge in [0, 0.05) is 10.0 Å². The third-order valence-corrected chi connectivity index (χ3v) is 6.25. The van der Waals surface area contributed by atoms with Crippen LogP contribution in [0.15, 0.2) is 72.8 Å². The number of amides is 1. The predicted octanol–water partition coefficient (Wildman–Crippen LogP) is 5.97. The molecule has 3 rings (SSSR count). The van der Waals surface area contributed by atoms with Gasteiger partial charge in [-0.05, 0) is 61.0 Å². The van der Waals surface area contributed by atoms with Crippen molar-refractivity contribution in [2.75, 3.05) is 15.9 Å². The van der Waals surface area contributed by atoms with Crippen LogP contribution in [-0.2, 0) is 14.8 Å². The minimum Gasteiger partial charge on any atom is -0.455 e. The van der Waals surface area contributed by atoms with Crippen LogP contribution >= 0.6 is 23.2 Å². The van der Waals surface area contributed by atoms with Gasteiger partial charge >= 0.3 is 0 Å². The normalized spacial score (nSPS) is 12.1. The van der Waals surface area contributed by atoms with Crippen molar-refractivity contribution in [1.82, 2.24) is 0 Å². The summed E-state index contributed by atoms with van der Waals surface area (Å²) in [7, 11) is -3.77. The first-order valence-electron chi connectivity index (χ1n) is 9.77. The van der Waals surface area contributed by atoms with E-state index >= 15 is 0 Å². The van der Waals surface area contributed by atoms with Crippen molar-refractivity contribution in [3.05, 3.63) is 82.8 Å². The van der Waals surface area contributed by atoms with Crippen molar-refractivity contribution in [2.45, 2.75) is 19.4 Å². The van der Waals surface area contributed by atoms with Crippen LogP contribution < -0.4 is 14.4 Å². The highest BCUT2D eigenvalue weighted by molar-refractivity contribution is 7.92. The van der Waals surface area contributed by atoms with E-state index in [1.807, 2.05) is 18.2 Å². The molecule has 6 nitrogen and oxygen atoms in total. The number of halogens is 2. The van der Waals surface area contributed by atoms with Crippen molar-refractivity contribution in [1.29, 1.82) is 0 Å². The fourth-order valence-corrected chi connectivity index (χ4v) is 4.68. The molecule has 168 valence electrons. The lowest BCUT2D eigenvalue weighted by atomic mass is 10.1. The minimum atomic E-state index is -3.77. The fourth-order valence-electron chi connectivity index (χ4n) is 3.17. The molecule has 0 unspecified atom stereocenters. The molecule has 0 saturated heterocycles. The number of benzene rings is 3. The molecule has 1 atom stereocenters. The lowest BCUT2D eigenvalue weighted by Gasteiger charge is -2.30. The Morgan fingerprint density at radius 2 is 1.62 bits per heavy atom. The molecule has 0 aliphatic rings. The predicted molar refractivity (Wildman–Crippen MR) is 129 cm³/mol. The van der Waals surface area contributed by atoms with E-state index in [1.54, 1.807) is 61.5 Å². The first-order chi connectivity index (χ1) is 15.2. The Kier molecular flexibility index (Phi) is 7.66. The van der Waals surface area contributed by atoms with Gasteiger partial charge in [0.15, 0.2) is 5.75 Å². The summed E-state index contributed by atoms with van der Waals surface area (Å²) in [5, 5.41) is 3.63. The molecule has 3 aromatic carbocycles. The van der Waals surface area contributed by atoms with Gasteiger partial charge in [-0.2, -0.15) is 0 Å². The molecule has 0 heterocycles. The van der Waals surface area contributed by atoms with Crippen molar-refractivity contribution in [3.8, 4) is 11.5 Å². The molecule has 0 aromatic heterocycles. The zero-order chi connectivity index (χ0) is 23.3. The van der Waals surface area contributed by atoms with Gasteiger partial charge < -0.3 is 10.1 Å². The molecule has 3 aromatic rings. The second kappa shape index (κ2) is 10.3. The van der Waals surface area contributed by atoms with E-state index < -0.39 is 22.0 Å². The number of nitrogens with zero attached hydrogens (tertiary/aromatic N) is 1. The summed E-state index contributed by atoms with van der Waals surface area (Å²) >= 11 is 12.1. The molecular formula is C23H22Cl2N2O4S. The van der Waals surface area contributed by atoms with E-state index in [1.165, 1.54) is 0 Å². The van der Waals surface area contributed by atoms with Gasteiger partial charge in [-0.3, -0.25) is 9.10 Å². The monoisotopic (exact) mass is 492 g/mol. The average Bonchev–Trinajstić information content (AvgIpc) is 2.74. The molecule has 1 amide bonds. The van der Waals surface area contributed by atoms with Crippen LogP contribution in [0.5, 0.6) is 11.5 Å². The van der Waals surface area contributed by atoms with Gasteiger partial charge in [-0.15, -0.1) is 0 Å². The number of hydrogen-bond acceptors (Lipinski definition) is 4. The Bertz CT molecular complexity index is 1190. The number of anilines is 2. The molecule has 0 bridgehead atoms. The van der Waals surface area contributed by atoms with Crippen LogP contribution in [0, 0.1) is 0 Å². The summed E-state index contributed by atoms with van der Waals surface area (Å²) < 4.78 is 32.2. The van der Waals surface area contributed by atoms with Gasteiger partial charge in [0.25, 0.3) is 0 Å². The second-order valence-corrected chi connectivity index (χ2v) is 9.74. The molecule has 0 spiro atoms. The largest absolute Gasteiger partial charge is 0.455 e. The van der Waals surface area contributed by atoms with Crippen LogP contribution in [0.4, 0.5) is 11.4 Å². The van der Waals surface area contributed by atoms with Gasteiger partial charge in [-0.1, -0.05) is 48.3 Å². The highest BCUT2D eigenvalue weighted by atomic mass is 35.5. The summed E-state index contributed by atoms with van der Waals surface area (Å²) in [6, 6.07) is 19.2. The number of ether oxygens (including phenoxy) is 1. The molecule has 32 heavy (non-hydrogen) atoms. The smallest absolute Gasteiger partial charge is 0.248 e. The Balaban J connectivity index is 1.93. The zero-order valence-corrected chi connectivity index (χ0v) is 19.8. The second-order valence-electron chi connectivity index (χ2n) is 7.00. The van der Waals surface area contributed by atoms with Crippen LogP contribution in [0.1, 0.15) is 13.3 Å². The number of rotatable bonds is 8. The molecule has 0 aliphatic heterocycles. The molecule has 0 aliphatic carbocycles. The number of carbonyl (C=O) groups excluding carboxylic acids is 1. The van der Waals surface area contributed by atoms with Gasteiger partial charge in [0.2, 0.25) is 15.9 Å². The molecular weight excluding hydrogens is 471 g/mol. The molecule has 1 N–H and O–H groups in total. The SMILES string of the molecule is CC[C@@H](C(=O)Nc1cc(Cl)ccc1Oc1ccccc1)N(c1ccc(Cl)cc1)S(C)(=O)=O. The number of hydrogen-bond donors (Lipinski definition) is 1. The summed E-state index contributed by atoms with van der Waals surface area (Å²) in [6.45, 7) is 1.73. The third-order valence-electron chi connectivity index (χ3n) is 4.58. The summed E-state index contributed by atoms with van der Waals surface area (Å²) in [4.78, 5) is 13.2. The Hall–Kier alpha value is -2.74. The highest BCUT2D eigenvalue weighted by Gasteiger charge is 2.32. The number of nitrogens with one attached hydrogen (secondary N) is 1. The van der Waals surface area contributed by atoms with Gasteiger partial charge in [0.1, 0.15) is 11.8 Å².